The number of aromatic amines is 1. The van der Waals surface area contributed by atoms with E-state index in [2.05, 4.69) is 8.83 Å². The lowest BCUT2D eigenvalue weighted by Crippen LogP contribution is -2.37. The molecule has 1 aliphatic heterocycles. The number of aliphatic hydroxyl groups excluding tert-OH is 2. The molecule has 0 bridgehead atoms. The molecule has 1 fully saturated rings. The van der Waals surface area contributed by atoms with E-state index >= 15 is 0 Å². The van der Waals surface area contributed by atoms with Gasteiger partial charge in [0, 0.05) is 12.3 Å². The Hall–Kier alpha value is -1.18. The van der Waals surface area contributed by atoms with Crippen molar-refractivity contribution in [1.82, 2.24) is 9.55 Å². The first-order valence-corrected chi connectivity index (χ1v) is 9.49. The van der Waals surface area contributed by atoms with Gasteiger partial charge in [0.05, 0.1) is 6.61 Å². The lowest BCUT2D eigenvalue weighted by atomic mass is 10.1. The van der Waals surface area contributed by atoms with E-state index in [0.717, 1.165) is 16.8 Å². The molecule has 0 radical (unpaired) electrons. The third-order valence-electron chi connectivity index (χ3n) is 3.07. The second kappa shape index (κ2) is 7.21. The summed E-state index contributed by atoms with van der Waals surface area (Å²) in [5, 5.41) is 19.8. The summed E-state index contributed by atoms with van der Waals surface area (Å²) in [6.07, 6.45) is -5.25. The zero-order chi connectivity index (χ0) is 19.0. The van der Waals surface area contributed by atoms with Crippen LogP contribution in [-0.2, 0) is 22.7 Å². The summed E-state index contributed by atoms with van der Waals surface area (Å²) in [6, 6.07) is 0.962. The van der Waals surface area contributed by atoms with Crippen molar-refractivity contribution >= 4 is 15.6 Å². The van der Waals surface area contributed by atoms with Crippen LogP contribution in [0.3, 0.4) is 0 Å². The zero-order valence-corrected chi connectivity index (χ0v) is 13.9. The van der Waals surface area contributed by atoms with Crippen LogP contribution in [0.5, 0.6) is 0 Å². The summed E-state index contributed by atoms with van der Waals surface area (Å²) in [7, 11) is -10.5. The van der Waals surface area contributed by atoms with Gasteiger partial charge in [-0.2, -0.15) is 4.31 Å². The first-order valence-electron chi connectivity index (χ1n) is 6.47. The van der Waals surface area contributed by atoms with Crippen molar-refractivity contribution in [1.29, 1.82) is 0 Å². The van der Waals surface area contributed by atoms with Crippen LogP contribution in [0.25, 0.3) is 0 Å². The van der Waals surface area contributed by atoms with Crippen LogP contribution in [0, 0.1) is 0 Å². The third-order valence-corrected chi connectivity index (χ3v) is 5.23. The number of hydrogen-bond donors (Lipinski definition) is 6. The molecular formula is C9H14N2O12P2. The quantitative estimate of drug-likeness (QED) is 0.269. The first kappa shape index (κ1) is 20.1. The Morgan fingerprint density at radius 2 is 1.84 bits per heavy atom. The Balaban J connectivity index is 2.09. The molecule has 1 saturated heterocycles. The smallest absolute Gasteiger partial charge is 0.387 e. The molecule has 0 saturated carbocycles. The molecule has 25 heavy (non-hydrogen) atoms. The lowest BCUT2D eigenvalue weighted by molar-refractivity contribution is -0.0542. The summed E-state index contributed by atoms with van der Waals surface area (Å²) in [4.78, 5) is 50.7. The molecule has 0 spiro atoms. The van der Waals surface area contributed by atoms with Gasteiger partial charge < -0.3 is 29.6 Å². The second-order valence-corrected chi connectivity index (χ2v) is 7.73. The van der Waals surface area contributed by atoms with Gasteiger partial charge in [0.25, 0.3) is 5.56 Å². The van der Waals surface area contributed by atoms with E-state index in [1.165, 1.54) is 0 Å². The van der Waals surface area contributed by atoms with Gasteiger partial charge in [0.1, 0.15) is 18.3 Å². The summed E-state index contributed by atoms with van der Waals surface area (Å²) in [6.45, 7) is -0.902. The maximum Gasteiger partial charge on any atom is 0.481 e. The zero-order valence-electron chi connectivity index (χ0n) is 12.1. The Morgan fingerprint density at radius 1 is 1.20 bits per heavy atom. The molecule has 0 amide bonds. The van der Waals surface area contributed by atoms with E-state index in [9.17, 15) is 28.9 Å². The number of nitrogens with one attached hydrogen (secondary N) is 1. The highest BCUT2D eigenvalue weighted by atomic mass is 31.3. The molecular weight excluding hydrogens is 390 g/mol. The average Bonchev–Trinajstić information content (AvgIpc) is 2.71. The molecule has 2 rings (SSSR count). The number of aromatic nitrogens is 2. The minimum absolute atomic E-state index is 0.704. The van der Waals surface area contributed by atoms with Gasteiger partial charge in [-0.1, -0.05) is 0 Å². The molecule has 142 valence electrons. The average molecular weight is 404 g/mol. The standard InChI is InChI=1S/C9H14N2O12P2/c12-5-1-2-11(9(15)10-5)8-7(14)6(13)4(22-8)3-21-25(19,20)23-24(16,17)18/h1-2,4,6-8,13-14H,3H2,(H,19,20)(H,10,12,15)(H2,16,17,18)/t4-,6?,7?,8-/m1/s1. The monoisotopic (exact) mass is 404 g/mol. The van der Waals surface area contributed by atoms with E-state index in [4.69, 9.17) is 19.4 Å². The molecule has 0 aliphatic carbocycles. The summed E-state index contributed by atoms with van der Waals surface area (Å²) in [5.74, 6) is 0. The first-order chi connectivity index (χ1) is 11.4. The number of ether oxygens (including phenoxy) is 1. The van der Waals surface area contributed by atoms with Crippen molar-refractivity contribution in [3.8, 4) is 0 Å². The molecule has 1 aromatic rings. The van der Waals surface area contributed by atoms with Crippen molar-refractivity contribution in [2.45, 2.75) is 24.5 Å². The van der Waals surface area contributed by atoms with E-state index < -0.39 is 58.0 Å². The van der Waals surface area contributed by atoms with E-state index in [-0.39, 0.29) is 0 Å². The van der Waals surface area contributed by atoms with Crippen molar-refractivity contribution in [3.63, 3.8) is 0 Å². The van der Waals surface area contributed by atoms with Crippen LogP contribution >= 0.6 is 15.6 Å². The highest BCUT2D eigenvalue weighted by Crippen LogP contribution is 2.57. The largest absolute Gasteiger partial charge is 0.481 e. The summed E-state index contributed by atoms with van der Waals surface area (Å²) < 4.78 is 35.6. The van der Waals surface area contributed by atoms with Gasteiger partial charge >= 0.3 is 21.3 Å². The predicted octanol–water partition coefficient (Wildman–Crippen LogP) is -2.62. The SMILES string of the molecule is O=c1ccn([C@@H]2O[C@H](COP(=O)(O)OP(=O)(O)O)C(O)C2O)c(=O)[nH]1. The number of H-pyrrole nitrogens is 1. The molecule has 1 aromatic heterocycles. The molecule has 1 aliphatic rings. The summed E-state index contributed by atoms with van der Waals surface area (Å²) in [5.41, 5.74) is -1.65. The third kappa shape index (κ3) is 5.15. The molecule has 6 N–H and O–H groups in total. The maximum atomic E-state index is 11.7. The fourth-order valence-electron chi connectivity index (χ4n) is 2.05. The topological polar surface area (TPSA) is 218 Å². The molecule has 2 heterocycles. The van der Waals surface area contributed by atoms with E-state index in [1.807, 2.05) is 4.98 Å². The second-order valence-electron chi connectivity index (χ2n) is 4.90. The van der Waals surface area contributed by atoms with Gasteiger partial charge in [-0.25, -0.2) is 13.9 Å². The lowest BCUT2D eigenvalue weighted by Gasteiger charge is -2.17. The van der Waals surface area contributed by atoms with E-state index in [1.54, 1.807) is 0 Å². The number of rotatable bonds is 6. The Bertz CT molecular complexity index is 828. The molecule has 14 nitrogen and oxygen atoms in total. The molecule has 0 aromatic carbocycles. The van der Waals surface area contributed by atoms with Gasteiger partial charge in [-0.15, -0.1) is 0 Å². The van der Waals surface area contributed by atoms with Crippen LogP contribution in [0.2, 0.25) is 0 Å². The molecule has 5 atom stereocenters. The van der Waals surface area contributed by atoms with Crippen molar-refractivity contribution < 1.29 is 47.6 Å². The van der Waals surface area contributed by atoms with Gasteiger partial charge in [0.2, 0.25) is 0 Å². The summed E-state index contributed by atoms with van der Waals surface area (Å²) >= 11 is 0. The Labute approximate surface area is 138 Å². The van der Waals surface area contributed by atoms with Crippen LogP contribution in [0.1, 0.15) is 6.23 Å². The number of aliphatic hydroxyl groups is 2. The van der Waals surface area contributed by atoms with Crippen molar-refractivity contribution in [2.24, 2.45) is 0 Å². The van der Waals surface area contributed by atoms with Crippen LogP contribution in [-0.4, -0.2) is 59.4 Å². The minimum atomic E-state index is -5.32. The Kier molecular flexibility index (Phi) is 5.81. The Morgan fingerprint density at radius 3 is 2.40 bits per heavy atom. The van der Waals surface area contributed by atoms with Crippen LogP contribution in [0.4, 0.5) is 0 Å². The minimum Gasteiger partial charge on any atom is -0.387 e. The predicted molar refractivity (Wildman–Crippen MR) is 76.2 cm³/mol. The fraction of sp³-hybridized carbons (Fsp3) is 0.556. The number of nitrogens with zero attached hydrogens (tertiary/aromatic N) is 1. The fourth-order valence-corrected chi connectivity index (χ4v) is 3.65. The normalized spacial score (nSPS) is 29.5. The molecule has 16 heteroatoms. The maximum absolute atomic E-state index is 11.7. The highest BCUT2D eigenvalue weighted by Gasteiger charge is 2.45. The van der Waals surface area contributed by atoms with Crippen molar-refractivity contribution in [3.05, 3.63) is 33.1 Å². The number of phosphoric acid groups is 2. The van der Waals surface area contributed by atoms with Crippen molar-refractivity contribution in [2.75, 3.05) is 6.61 Å². The highest BCUT2D eigenvalue weighted by molar-refractivity contribution is 7.60. The van der Waals surface area contributed by atoms with Gasteiger partial charge in [0.15, 0.2) is 6.23 Å². The van der Waals surface area contributed by atoms with Gasteiger partial charge in [-0.3, -0.25) is 18.9 Å². The number of hydrogen-bond acceptors (Lipinski definition) is 9. The van der Waals surface area contributed by atoms with E-state index in [0.29, 0.717) is 0 Å². The van der Waals surface area contributed by atoms with Crippen LogP contribution < -0.4 is 11.2 Å². The van der Waals surface area contributed by atoms with Gasteiger partial charge in [-0.05, 0) is 0 Å². The number of phosphoric ester groups is 1. The molecule has 3 unspecified atom stereocenters. The van der Waals surface area contributed by atoms with Crippen LogP contribution in [0.15, 0.2) is 21.9 Å².